The number of hydrogen-bond donors (Lipinski definition) is 1. The van der Waals surface area contributed by atoms with Gasteiger partial charge in [-0.1, -0.05) is 0 Å². The van der Waals surface area contributed by atoms with E-state index < -0.39 is 24.6 Å². The van der Waals surface area contributed by atoms with Crippen molar-refractivity contribution in [2.24, 2.45) is 0 Å². The largest absolute Gasteiger partial charge is 0.497 e. The van der Waals surface area contributed by atoms with Gasteiger partial charge in [-0.25, -0.2) is 4.79 Å². The number of nitrogens with one attached hydrogen (secondary N) is 1. The number of benzene rings is 2. The van der Waals surface area contributed by atoms with Crippen molar-refractivity contribution < 1.29 is 23.8 Å². The topological polar surface area (TPSA) is 97.7 Å². The Morgan fingerprint density at radius 2 is 1.69 bits per heavy atom. The van der Waals surface area contributed by atoms with E-state index >= 15 is 0 Å². The molecule has 2 aromatic rings. The third kappa shape index (κ3) is 5.53. The van der Waals surface area contributed by atoms with Crippen molar-refractivity contribution in [2.75, 3.05) is 19.0 Å². The first-order valence-corrected chi connectivity index (χ1v) is 7.79. The number of esters is 1. The standard InChI is InChI=1S/C19H18N2O5/c1-13(26-17-7-3-14(11-20)4-8-17)19(23)25-12-18(22)21-15-5-9-16(24-2)10-6-15/h3-10,13H,12H2,1-2H3,(H,21,22)/t13-/m0/s1. The van der Waals surface area contributed by atoms with Crippen molar-refractivity contribution in [3.05, 3.63) is 54.1 Å². The predicted molar refractivity (Wildman–Crippen MR) is 93.8 cm³/mol. The van der Waals surface area contributed by atoms with E-state index in [1.54, 1.807) is 55.6 Å². The molecule has 0 aliphatic carbocycles. The first-order chi connectivity index (χ1) is 12.5. The van der Waals surface area contributed by atoms with Gasteiger partial charge in [0, 0.05) is 5.69 Å². The van der Waals surface area contributed by atoms with Gasteiger partial charge < -0.3 is 19.5 Å². The first-order valence-electron chi connectivity index (χ1n) is 7.79. The number of carbonyl (C=O) groups excluding carboxylic acids is 2. The molecule has 0 heterocycles. The Morgan fingerprint density at radius 1 is 1.08 bits per heavy atom. The number of nitrogens with zero attached hydrogens (tertiary/aromatic N) is 1. The number of rotatable bonds is 7. The number of methoxy groups -OCH3 is 1. The fourth-order valence-corrected chi connectivity index (χ4v) is 1.99. The van der Waals surface area contributed by atoms with Gasteiger partial charge in [0.1, 0.15) is 11.5 Å². The highest BCUT2D eigenvalue weighted by molar-refractivity contribution is 5.93. The average molecular weight is 354 g/mol. The molecule has 2 rings (SSSR count). The lowest BCUT2D eigenvalue weighted by molar-refractivity contribution is -0.153. The zero-order valence-electron chi connectivity index (χ0n) is 14.4. The molecule has 0 radical (unpaired) electrons. The van der Waals surface area contributed by atoms with Crippen LogP contribution in [0.15, 0.2) is 48.5 Å². The van der Waals surface area contributed by atoms with Crippen LogP contribution in [-0.4, -0.2) is 31.7 Å². The molecule has 0 fully saturated rings. The molecule has 26 heavy (non-hydrogen) atoms. The summed E-state index contributed by atoms with van der Waals surface area (Å²) in [6.45, 7) is 1.09. The lowest BCUT2D eigenvalue weighted by Crippen LogP contribution is -2.29. The SMILES string of the molecule is COc1ccc(NC(=O)COC(=O)[C@H](C)Oc2ccc(C#N)cc2)cc1. The van der Waals surface area contributed by atoms with Gasteiger partial charge in [-0.05, 0) is 55.5 Å². The van der Waals surface area contributed by atoms with E-state index in [0.717, 1.165) is 0 Å². The number of anilines is 1. The van der Waals surface area contributed by atoms with Crippen LogP contribution in [0.2, 0.25) is 0 Å². The van der Waals surface area contributed by atoms with Crippen LogP contribution in [-0.2, 0) is 14.3 Å². The van der Waals surface area contributed by atoms with E-state index in [-0.39, 0.29) is 0 Å². The molecule has 0 bridgehead atoms. The molecule has 0 spiro atoms. The van der Waals surface area contributed by atoms with E-state index in [0.29, 0.717) is 22.7 Å². The second-order valence-corrected chi connectivity index (χ2v) is 5.28. The summed E-state index contributed by atoms with van der Waals surface area (Å²) in [7, 11) is 1.55. The smallest absolute Gasteiger partial charge is 0.347 e. The Morgan fingerprint density at radius 3 is 2.27 bits per heavy atom. The van der Waals surface area contributed by atoms with Gasteiger partial charge >= 0.3 is 5.97 Å². The van der Waals surface area contributed by atoms with E-state index in [4.69, 9.17) is 19.5 Å². The van der Waals surface area contributed by atoms with Crippen LogP contribution >= 0.6 is 0 Å². The van der Waals surface area contributed by atoms with E-state index in [1.165, 1.54) is 6.92 Å². The van der Waals surface area contributed by atoms with Gasteiger partial charge in [-0.2, -0.15) is 5.26 Å². The molecule has 134 valence electrons. The Hall–Kier alpha value is -3.53. The minimum Gasteiger partial charge on any atom is -0.497 e. The van der Waals surface area contributed by atoms with E-state index in [1.807, 2.05) is 6.07 Å². The highest BCUT2D eigenvalue weighted by Crippen LogP contribution is 2.15. The monoisotopic (exact) mass is 354 g/mol. The second-order valence-electron chi connectivity index (χ2n) is 5.28. The molecule has 7 heteroatoms. The third-order valence-electron chi connectivity index (χ3n) is 3.35. The Bertz CT molecular complexity index is 794. The Kier molecular flexibility index (Phi) is 6.57. The van der Waals surface area contributed by atoms with Crippen molar-refractivity contribution in [3.8, 4) is 17.6 Å². The molecular weight excluding hydrogens is 336 g/mol. The minimum atomic E-state index is -0.892. The summed E-state index contributed by atoms with van der Waals surface area (Å²) in [5.41, 5.74) is 1.05. The molecule has 0 saturated carbocycles. The van der Waals surface area contributed by atoms with E-state index in [9.17, 15) is 9.59 Å². The minimum absolute atomic E-state index is 0.425. The van der Waals surface area contributed by atoms with Crippen molar-refractivity contribution in [2.45, 2.75) is 13.0 Å². The number of hydrogen-bond acceptors (Lipinski definition) is 6. The summed E-state index contributed by atoms with van der Waals surface area (Å²) in [5, 5.41) is 11.4. The van der Waals surface area contributed by atoms with Crippen LogP contribution in [0.5, 0.6) is 11.5 Å². The van der Waals surface area contributed by atoms with E-state index in [2.05, 4.69) is 5.32 Å². The molecule has 1 N–H and O–H groups in total. The molecule has 7 nitrogen and oxygen atoms in total. The van der Waals surface area contributed by atoms with Crippen LogP contribution in [0.4, 0.5) is 5.69 Å². The van der Waals surface area contributed by atoms with Crippen LogP contribution in [0.25, 0.3) is 0 Å². The first kappa shape index (κ1) is 18.8. The van der Waals surface area contributed by atoms with Gasteiger partial charge in [0.25, 0.3) is 5.91 Å². The number of carbonyl (C=O) groups is 2. The molecule has 1 amide bonds. The second kappa shape index (κ2) is 9.08. The van der Waals surface area contributed by atoms with Crippen molar-refractivity contribution in [3.63, 3.8) is 0 Å². The summed E-state index contributed by atoms with van der Waals surface area (Å²) in [6.07, 6.45) is -0.892. The third-order valence-corrected chi connectivity index (χ3v) is 3.35. The quantitative estimate of drug-likeness (QED) is 0.767. The number of ether oxygens (including phenoxy) is 3. The average Bonchev–Trinajstić information content (AvgIpc) is 2.67. The maximum absolute atomic E-state index is 11.9. The molecule has 2 aromatic carbocycles. The molecule has 1 atom stereocenters. The molecule has 0 aliphatic rings. The zero-order chi connectivity index (χ0) is 18.9. The summed E-state index contributed by atoms with van der Waals surface area (Å²) >= 11 is 0. The summed E-state index contributed by atoms with van der Waals surface area (Å²) < 4.78 is 15.4. The van der Waals surface area contributed by atoms with Gasteiger partial charge in [-0.3, -0.25) is 4.79 Å². The molecule has 0 unspecified atom stereocenters. The molecule has 0 aliphatic heterocycles. The fourth-order valence-electron chi connectivity index (χ4n) is 1.99. The van der Waals surface area contributed by atoms with Gasteiger partial charge in [0.05, 0.1) is 18.7 Å². The van der Waals surface area contributed by atoms with Gasteiger partial charge in [-0.15, -0.1) is 0 Å². The maximum Gasteiger partial charge on any atom is 0.347 e. The van der Waals surface area contributed by atoms with Crippen molar-refractivity contribution in [1.82, 2.24) is 0 Å². The van der Waals surface area contributed by atoms with Crippen LogP contribution < -0.4 is 14.8 Å². The van der Waals surface area contributed by atoms with Gasteiger partial charge in [0.15, 0.2) is 12.7 Å². The highest BCUT2D eigenvalue weighted by Gasteiger charge is 2.18. The Balaban J connectivity index is 1.78. The molecule has 0 saturated heterocycles. The summed E-state index contributed by atoms with van der Waals surface area (Å²) in [6, 6.07) is 15.1. The normalized spacial score (nSPS) is 11.0. The predicted octanol–water partition coefficient (Wildman–Crippen LogP) is 2.52. The van der Waals surface area contributed by atoms with Gasteiger partial charge in [0.2, 0.25) is 0 Å². The number of amides is 1. The van der Waals surface area contributed by atoms with Crippen LogP contribution in [0.1, 0.15) is 12.5 Å². The van der Waals surface area contributed by atoms with Crippen molar-refractivity contribution >= 4 is 17.6 Å². The zero-order valence-corrected chi connectivity index (χ0v) is 14.4. The Labute approximate surface area is 151 Å². The van der Waals surface area contributed by atoms with Crippen LogP contribution in [0, 0.1) is 11.3 Å². The fraction of sp³-hybridized carbons (Fsp3) is 0.211. The summed E-state index contributed by atoms with van der Waals surface area (Å²) in [4.78, 5) is 23.7. The number of nitriles is 1. The lowest BCUT2D eigenvalue weighted by atomic mass is 10.2. The lowest BCUT2D eigenvalue weighted by Gasteiger charge is -2.14. The maximum atomic E-state index is 11.9. The molecule has 0 aromatic heterocycles. The highest BCUT2D eigenvalue weighted by atomic mass is 16.6. The van der Waals surface area contributed by atoms with Crippen LogP contribution in [0.3, 0.4) is 0 Å². The van der Waals surface area contributed by atoms with Crippen molar-refractivity contribution in [1.29, 1.82) is 5.26 Å². The summed E-state index contributed by atoms with van der Waals surface area (Å²) in [5.74, 6) is -0.0346. The molecular formula is C19H18N2O5.